The highest BCUT2D eigenvalue weighted by Crippen LogP contribution is 2.62. The number of benzene rings is 1. The first kappa shape index (κ1) is 13.0. The van der Waals surface area contributed by atoms with Crippen LogP contribution in [0.3, 0.4) is 0 Å². The fourth-order valence-corrected chi connectivity index (χ4v) is 5.46. The largest absolute Gasteiger partial charge is 0.493 e. The zero-order valence-electron chi connectivity index (χ0n) is 13.0. The summed E-state index contributed by atoms with van der Waals surface area (Å²) in [5.74, 6) is 1.94. The lowest BCUT2D eigenvalue weighted by molar-refractivity contribution is -0.0575. The molecule has 1 fully saturated rings. The summed E-state index contributed by atoms with van der Waals surface area (Å²) in [6, 6.07) is 4.60. The van der Waals surface area contributed by atoms with Gasteiger partial charge in [0, 0.05) is 22.9 Å². The average Bonchev–Trinajstić information content (AvgIpc) is 2.86. The van der Waals surface area contributed by atoms with Crippen molar-refractivity contribution >= 4 is 0 Å². The molecule has 0 radical (unpaired) electrons. The Balaban J connectivity index is 1.83. The fraction of sp³-hybridized carbons (Fsp3) is 0.556. The average molecular weight is 299 g/mol. The van der Waals surface area contributed by atoms with Crippen molar-refractivity contribution < 1.29 is 14.6 Å². The molecule has 5 rings (SSSR count). The van der Waals surface area contributed by atoms with Crippen molar-refractivity contribution in [3.63, 3.8) is 0 Å². The van der Waals surface area contributed by atoms with Crippen LogP contribution >= 0.6 is 0 Å². The van der Waals surface area contributed by atoms with Gasteiger partial charge in [-0.05, 0) is 44.1 Å². The summed E-state index contributed by atoms with van der Waals surface area (Å²) in [5, 5.41) is 10.7. The van der Waals surface area contributed by atoms with Crippen LogP contribution in [-0.4, -0.2) is 49.0 Å². The first-order chi connectivity index (χ1) is 10.7. The second-order valence-electron chi connectivity index (χ2n) is 7.11. The lowest BCUT2D eigenvalue weighted by Gasteiger charge is -2.57. The Hall–Kier alpha value is -1.52. The maximum atomic E-state index is 10.7. The Kier molecular flexibility index (Phi) is 2.39. The second-order valence-corrected chi connectivity index (χ2v) is 7.11. The lowest BCUT2D eigenvalue weighted by Crippen LogP contribution is -2.65. The van der Waals surface area contributed by atoms with Gasteiger partial charge in [0.15, 0.2) is 11.5 Å². The summed E-state index contributed by atoms with van der Waals surface area (Å²) in [4.78, 5) is 2.42. The smallest absolute Gasteiger partial charge is 0.166 e. The van der Waals surface area contributed by atoms with Crippen molar-refractivity contribution in [1.29, 1.82) is 0 Å². The quantitative estimate of drug-likeness (QED) is 0.798. The summed E-state index contributed by atoms with van der Waals surface area (Å²) in [7, 11) is 3.88. The van der Waals surface area contributed by atoms with E-state index in [0.717, 1.165) is 30.9 Å². The molecule has 22 heavy (non-hydrogen) atoms. The van der Waals surface area contributed by atoms with E-state index in [0.29, 0.717) is 6.04 Å². The monoisotopic (exact) mass is 299 g/mol. The third-order valence-electron chi connectivity index (χ3n) is 6.38. The number of methoxy groups -OCH3 is 1. The third kappa shape index (κ3) is 1.28. The predicted octanol–water partition coefficient (Wildman–Crippen LogP) is 1.50. The van der Waals surface area contributed by atoms with Crippen LogP contribution in [-0.2, 0) is 11.8 Å². The Morgan fingerprint density at radius 2 is 2.23 bits per heavy atom. The van der Waals surface area contributed by atoms with Crippen LogP contribution in [0.5, 0.6) is 11.5 Å². The second kappa shape index (κ2) is 4.06. The summed E-state index contributed by atoms with van der Waals surface area (Å²) in [6.45, 7) is 1.05. The number of nitrogens with zero attached hydrogens (tertiary/aromatic N) is 1. The fourth-order valence-electron chi connectivity index (χ4n) is 5.46. The van der Waals surface area contributed by atoms with Crippen LogP contribution in [0, 0.1) is 5.92 Å². The van der Waals surface area contributed by atoms with Gasteiger partial charge in [-0.3, -0.25) is 0 Å². The van der Waals surface area contributed by atoms with Gasteiger partial charge in [-0.1, -0.05) is 12.1 Å². The molecule has 5 atom stereocenters. The molecule has 1 saturated heterocycles. The summed E-state index contributed by atoms with van der Waals surface area (Å²) in [5.41, 5.74) is 2.60. The summed E-state index contributed by atoms with van der Waals surface area (Å²) in [6.07, 6.45) is 5.65. The van der Waals surface area contributed by atoms with Gasteiger partial charge in [-0.2, -0.15) is 0 Å². The summed E-state index contributed by atoms with van der Waals surface area (Å²) >= 11 is 0. The molecule has 4 heteroatoms. The van der Waals surface area contributed by atoms with Gasteiger partial charge in [0.1, 0.15) is 6.10 Å². The van der Waals surface area contributed by atoms with Crippen LogP contribution in [0.2, 0.25) is 0 Å². The van der Waals surface area contributed by atoms with Gasteiger partial charge in [-0.25, -0.2) is 0 Å². The molecule has 2 aliphatic carbocycles. The molecule has 116 valence electrons. The van der Waals surface area contributed by atoms with E-state index in [-0.39, 0.29) is 17.4 Å². The predicted molar refractivity (Wildman–Crippen MR) is 82.5 cm³/mol. The Bertz CT molecular complexity index is 685. The zero-order chi connectivity index (χ0) is 15.1. The van der Waals surface area contributed by atoms with E-state index in [4.69, 9.17) is 9.47 Å². The Labute approximate surface area is 130 Å². The summed E-state index contributed by atoms with van der Waals surface area (Å²) < 4.78 is 11.9. The minimum Gasteiger partial charge on any atom is -0.493 e. The van der Waals surface area contributed by atoms with Gasteiger partial charge in [0.05, 0.1) is 13.2 Å². The van der Waals surface area contributed by atoms with Crippen molar-refractivity contribution in [2.45, 2.75) is 36.5 Å². The van der Waals surface area contributed by atoms with Gasteiger partial charge in [-0.15, -0.1) is 0 Å². The standard InChI is InChI=1S/C18H21NO3/c1-19-8-7-18-14-6-4-12(20)16(18)11(19)9-10-3-5-13(21-2)17(22-14)15(10)18/h3-6,11-12,14,16,20H,7-9H2,1-2H3/t11-,12-,14-,16+,18+/m0/s1. The first-order valence-electron chi connectivity index (χ1n) is 8.10. The number of piperidine rings is 1. The normalized spacial score (nSPS) is 41.0. The van der Waals surface area contributed by atoms with Crippen LogP contribution in [0.1, 0.15) is 17.5 Å². The SMILES string of the molecule is COc1ccc2c3c1O[C@H]1C=C[C@H](O)[C@H]4[C@H](C2)N(C)CC[C@@]341. The van der Waals surface area contributed by atoms with Gasteiger partial charge in [0.25, 0.3) is 0 Å². The third-order valence-corrected chi connectivity index (χ3v) is 6.38. The molecular formula is C18H21NO3. The number of likely N-dealkylation sites (tertiary alicyclic amines) is 1. The van der Waals surface area contributed by atoms with Gasteiger partial charge < -0.3 is 19.5 Å². The highest BCUT2D eigenvalue weighted by molar-refractivity contribution is 5.62. The molecule has 0 aromatic heterocycles. The first-order valence-corrected chi connectivity index (χ1v) is 8.10. The number of hydrogen-bond donors (Lipinski definition) is 1. The van der Waals surface area contributed by atoms with E-state index in [9.17, 15) is 5.11 Å². The maximum absolute atomic E-state index is 10.7. The molecule has 2 heterocycles. The number of rotatable bonds is 1. The zero-order valence-corrected chi connectivity index (χ0v) is 13.0. The molecule has 0 unspecified atom stereocenters. The highest BCUT2D eigenvalue weighted by atomic mass is 16.5. The van der Waals surface area contributed by atoms with E-state index >= 15 is 0 Å². The number of ether oxygens (including phenoxy) is 2. The number of hydrogen-bond acceptors (Lipinski definition) is 4. The molecule has 1 N–H and O–H groups in total. The number of likely N-dealkylation sites (N-methyl/N-ethyl adjacent to an activating group) is 1. The van der Waals surface area contributed by atoms with Crippen molar-refractivity contribution in [3.05, 3.63) is 35.4 Å². The van der Waals surface area contributed by atoms with Crippen LogP contribution in [0.25, 0.3) is 0 Å². The molecule has 0 saturated carbocycles. The number of aliphatic hydroxyl groups is 1. The highest BCUT2D eigenvalue weighted by Gasteiger charge is 2.64. The molecular weight excluding hydrogens is 278 g/mol. The molecule has 2 aliphatic heterocycles. The molecule has 1 aromatic rings. The molecule has 4 aliphatic rings. The molecule has 2 bridgehead atoms. The minimum absolute atomic E-state index is 0.0300. The molecule has 4 nitrogen and oxygen atoms in total. The molecule has 1 aromatic carbocycles. The lowest BCUT2D eigenvalue weighted by atomic mass is 9.52. The van der Waals surface area contributed by atoms with Gasteiger partial charge in [0.2, 0.25) is 0 Å². The molecule has 1 spiro atoms. The molecule has 0 amide bonds. The van der Waals surface area contributed by atoms with Crippen LogP contribution in [0.15, 0.2) is 24.3 Å². The van der Waals surface area contributed by atoms with E-state index in [2.05, 4.69) is 24.1 Å². The van der Waals surface area contributed by atoms with E-state index < -0.39 is 6.10 Å². The Morgan fingerprint density at radius 3 is 3.05 bits per heavy atom. The van der Waals surface area contributed by atoms with Crippen molar-refractivity contribution in [2.24, 2.45) is 5.92 Å². The van der Waals surface area contributed by atoms with Crippen LogP contribution < -0.4 is 9.47 Å². The van der Waals surface area contributed by atoms with Gasteiger partial charge >= 0.3 is 0 Å². The van der Waals surface area contributed by atoms with Crippen molar-refractivity contribution in [1.82, 2.24) is 4.90 Å². The van der Waals surface area contributed by atoms with E-state index in [1.165, 1.54) is 11.1 Å². The Morgan fingerprint density at radius 1 is 1.36 bits per heavy atom. The van der Waals surface area contributed by atoms with Crippen LogP contribution in [0.4, 0.5) is 0 Å². The minimum atomic E-state index is -0.391. The maximum Gasteiger partial charge on any atom is 0.166 e. The van der Waals surface area contributed by atoms with Crippen molar-refractivity contribution in [2.75, 3.05) is 20.7 Å². The number of aliphatic hydroxyl groups excluding tert-OH is 1. The topological polar surface area (TPSA) is 41.9 Å². The van der Waals surface area contributed by atoms with E-state index in [1.807, 2.05) is 12.1 Å². The van der Waals surface area contributed by atoms with E-state index in [1.54, 1.807) is 7.11 Å². The van der Waals surface area contributed by atoms with Crippen molar-refractivity contribution in [3.8, 4) is 11.5 Å².